The normalized spacial score (nSPS) is 21.7. The minimum absolute atomic E-state index is 0.0531. The first-order valence-electron chi connectivity index (χ1n) is 7.46. The van der Waals surface area contributed by atoms with E-state index in [-0.39, 0.29) is 11.9 Å². The molecule has 1 heterocycles. The first kappa shape index (κ1) is 14.8. The number of hydrogen-bond donors (Lipinski definition) is 1. The number of carbonyl (C=O) groups excluding carboxylic acids is 1. The van der Waals surface area contributed by atoms with E-state index < -0.39 is 0 Å². The summed E-state index contributed by atoms with van der Waals surface area (Å²) in [5, 5.41) is 3.27. The Kier molecular flexibility index (Phi) is 5.60. The molecular weight excluding hydrogens is 242 g/mol. The molecule has 0 aromatic carbocycles. The highest BCUT2D eigenvalue weighted by atomic mass is 16.5. The number of ether oxygens (including phenoxy) is 1. The third-order valence-corrected chi connectivity index (χ3v) is 4.09. The van der Waals surface area contributed by atoms with E-state index in [1.165, 1.54) is 12.8 Å². The van der Waals surface area contributed by atoms with Gasteiger partial charge in [0.25, 0.3) is 0 Å². The van der Waals surface area contributed by atoms with Crippen LogP contribution < -0.4 is 5.32 Å². The second kappa shape index (κ2) is 7.22. The Labute approximate surface area is 116 Å². The van der Waals surface area contributed by atoms with Crippen molar-refractivity contribution in [1.82, 2.24) is 15.1 Å². The second-order valence-electron chi connectivity index (χ2n) is 5.75. The van der Waals surface area contributed by atoms with Gasteiger partial charge in [-0.25, -0.2) is 0 Å². The largest absolute Gasteiger partial charge is 0.380 e. The fourth-order valence-corrected chi connectivity index (χ4v) is 2.27. The van der Waals surface area contributed by atoms with Crippen molar-refractivity contribution in [3.8, 4) is 0 Å². The lowest BCUT2D eigenvalue weighted by Gasteiger charge is -2.33. The lowest BCUT2D eigenvalue weighted by molar-refractivity contribution is -0.136. The van der Waals surface area contributed by atoms with Crippen LogP contribution in [0.2, 0.25) is 0 Å². The lowest BCUT2D eigenvalue weighted by atomic mass is 10.2. The highest BCUT2D eigenvalue weighted by molar-refractivity contribution is 5.81. The molecule has 5 nitrogen and oxygen atoms in total. The fraction of sp³-hybridized carbons (Fsp3) is 0.929. The zero-order chi connectivity index (χ0) is 13.7. The number of amides is 1. The molecule has 2 rings (SSSR count). The van der Waals surface area contributed by atoms with E-state index in [4.69, 9.17) is 4.74 Å². The van der Waals surface area contributed by atoms with Gasteiger partial charge in [0.2, 0.25) is 5.91 Å². The molecule has 1 aliphatic heterocycles. The molecule has 1 atom stereocenters. The van der Waals surface area contributed by atoms with Gasteiger partial charge in [-0.2, -0.15) is 0 Å². The van der Waals surface area contributed by atoms with Crippen LogP contribution in [0.5, 0.6) is 0 Å². The second-order valence-corrected chi connectivity index (χ2v) is 5.75. The van der Waals surface area contributed by atoms with Crippen molar-refractivity contribution in [3.05, 3.63) is 0 Å². The minimum Gasteiger partial charge on any atom is -0.380 e. The average Bonchev–Trinajstić information content (AvgIpc) is 3.27. The van der Waals surface area contributed by atoms with Gasteiger partial charge in [-0.05, 0) is 32.7 Å². The van der Waals surface area contributed by atoms with Gasteiger partial charge < -0.3 is 15.0 Å². The highest BCUT2D eigenvalue weighted by Crippen LogP contribution is 2.28. The number of nitrogens with zero attached hydrogens (tertiary/aromatic N) is 2. The van der Waals surface area contributed by atoms with Crippen LogP contribution in [0, 0.1) is 5.92 Å². The predicted molar refractivity (Wildman–Crippen MR) is 75.1 cm³/mol. The quantitative estimate of drug-likeness (QED) is 0.669. The Bertz CT molecular complexity index is 288. The van der Waals surface area contributed by atoms with Crippen molar-refractivity contribution in [2.24, 2.45) is 5.92 Å². The van der Waals surface area contributed by atoms with Crippen LogP contribution in [0.15, 0.2) is 0 Å². The maximum atomic E-state index is 12.3. The number of nitrogens with one attached hydrogen (secondary N) is 1. The van der Waals surface area contributed by atoms with E-state index >= 15 is 0 Å². The van der Waals surface area contributed by atoms with Crippen LogP contribution in [-0.2, 0) is 9.53 Å². The van der Waals surface area contributed by atoms with Gasteiger partial charge in [-0.1, -0.05) is 0 Å². The molecule has 0 aromatic heterocycles. The van der Waals surface area contributed by atoms with Gasteiger partial charge in [-0.3, -0.25) is 9.69 Å². The third-order valence-electron chi connectivity index (χ3n) is 4.09. The summed E-state index contributed by atoms with van der Waals surface area (Å²) < 4.78 is 5.63. The minimum atomic E-state index is -0.0531. The maximum absolute atomic E-state index is 12.3. The van der Waals surface area contributed by atoms with Crippen LogP contribution in [-0.4, -0.2) is 74.7 Å². The summed E-state index contributed by atoms with van der Waals surface area (Å²) >= 11 is 0. The Morgan fingerprint density at radius 3 is 2.74 bits per heavy atom. The molecule has 1 unspecified atom stereocenters. The van der Waals surface area contributed by atoms with Crippen molar-refractivity contribution in [3.63, 3.8) is 0 Å². The standard InChI is InChI=1S/C14H27N3O2/c1-12(14(18)17-7-5-15-6-8-17)16(2)9-10-19-11-13-3-4-13/h12-13,15H,3-11H2,1-2H3. The maximum Gasteiger partial charge on any atom is 0.239 e. The fourth-order valence-electron chi connectivity index (χ4n) is 2.27. The first-order chi connectivity index (χ1) is 9.18. The number of carbonyl (C=O) groups is 1. The summed E-state index contributed by atoms with van der Waals surface area (Å²) in [5.41, 5.74) is 0. The topological polar surface area (TPSA) is 44.8 Å². The summed E-state index contributed by atoms with van der Waals surface area (Å²) in [4.78, 5) is 16.4. The summed E-state index contributed by atoms with van der Waals surface area (Å²) in [7, 11) is 2.01. The van der Waals surface area contributed by atoms with Crippen LogP contribution in [0.4, 0.5) is 0 Å². The van der Waals surface area contributed by atoms with Crippen LogP contribution in [0.25, 0.3) is 0 Å². The molecule has 0 aromatic rings. The van der Waals surface area contributed by atoms with Crippen LogP contribution in [0.3, 0.4) is 0 Å². The first-order valence-corrected chi connectivity index (χ1v) is 7.46. The van der Waals surface area contributed by atoms with E-state index in [1.807, 2.05) is 18.9 Å². The number of piperazine rings is 1. The van der Waals surface area contributed by atoms with Gasteiger partial charge in [0, 0.05) is 39.3 Å². The molecule has 0 spiro atoms. The third kappa shape index (κ3) is 4.75. The number of rotatable bonds is 7. The van der Waals surface area contributed by atoms with E-state index in [1.54, 1.807) is 0 Å². The van der Waals surface area contributed by atoms with Gasteiger partial charge in [0.15, 0.2) is 0 Å². The van der Waals surface area contributed by atoms with E-state index in [0.29, 0.717) is 0 Å². The Balaban J connectivity index is 1.64. The van der Waals surface area contributed by atoms with E-state index in [0.717, 1.165) is 51.9 Å². The molecule has 2 aliphatic rings. The Morgan fingerprint density at radius 2 is 2.11 bits per heavy atom. The van der Waals surface area contributed by atoms with E-state index in [9.17, 15) is 4.79 Å². The van der Waals surface area contributed by atoms with Gasteiger partial charge in [-0.15, -0.1) is 0 Å². The highest BCUT2D eigenvalue weighted by Gasteiger charge is 2.25. The Hall–Kier alpha value is -0.650. The molecule has 1 saturated heterocycles. The molecule has 0 radical (unpaired) electrons. The summed E-state index contributed by atoms with van der Waals surface area (Å²) in [6, 6.07) is -0.0531. The summed E-state index contributed by atoms with van der Waals surface area (Å²) in [6.07, 6.45) is 2.65. The van der Waals surface area contributed by atoms with Crippen molar-refractivity contribution >= 4 is 5.91 Å². The predicted octanol–water partition coefficient (Wildman–Crippen LogP) is 0.165. The van der Waals surface area contributed by atoms with Crippen molar-refractivity contribution in [1.29, 1.82) is 0 Å². The zero-order valence-corrected chi connectivity index (χ0v) is 12.2. The van der Waals surface area contributed by atoms with E-state index in [2.05, 4.69) is 10.2 Å². The average molecular weight is 269 g/mol. The van der Waals surface area contributed by atoms with Crippen molar-refractivity contribution in [2.45, 2.75) is 25.8 Å². The molecule has 110 valence electrons. The van der Waals surface area contributed by atoms with Crippen molar-refractivity contribution < 1.29 is 9.53 Å². The molecule has 19 heavy (non-hydrogen) atoms. The number of hydrogen-bond acceptors (Lipinski definition) is 4. The van der Waals surface area contributed by atoms with Crippen LogP contribution in [0.1, 0.15) is 19.8 Å². The molecule has 1 N–H and O–H groups in total. The lowest BCUT2D eigenvalue weighted by Crippen LogP contribution is -2.52. The molecule has 1 aliphatic carbocycles. The molecule has 0 bridgehead atoms. The SMILES string of the molecule is CC(C(=O)N1CCNCC1)N(C)CCOCC1CC1. The molecule has 1 saturated carbocycles. The van der Waals surface area contributed by atoms with Crippen LogP contribution >= 0.6 is 0 Å². The van der Waals surface area contributed by atoms with Gasteiger partial charge in [0.1, 0.15) is 0 Å². The summed E-state index contributed by atoms with van der Waals surface area (Å²) in [5.74, 6) is 1.05. The molecular formula is C14H27N3O2. The Morgan fingerprint density at radius 1 is 1.42 bits per heavy atom. The molecule has 5 heteroatoms. The monoisotopic (exact) mass is 269 g/mol. The smallest absolute Gasteiger partial charge is 0.239 e. The van der Waals surface area contributed by atoms with Crippen molar-refractivity contribution in [2.75, 3.05) is 53.0 Å². The number of likely N-dealkylation sites (N-methyl/N-ethyl adjacent to an activating group) is 1. The molecule has 1 amide bonds. The summed E-state index contributed by atoms with van der Waals surface area (Å²) in [6.45, 7) is 7.92. The van der Waals surface area contributed by atoms with Gasteiger partial charge >= 0.3 is 0 Å². The molecule has 2 fully saturated rings. The zero-order valence-electron chi connectivity index (χ0n) is 12.2. The van der Waals surface area contributed by atoms with Gasteiger partial charge in [0.05, 0.1) is 12.6 Å².